The van der Waals surface area contributed by atoms with Gasteiger partial charge in [0.05, 0.1) is 6.04 Å². The van der Waals surface area contributed by atoms with Gasteiger partial charge in [-0.15, -0.1) is 11.3 Å². The van der Waals surface area contributed by atoms with E-state index in [9.17, 15) is 13.2 Å². The Balaban J connectivity index is 2.75. The Morgan fingerprint density at radius 3 is 2.69 bits per heavy atom. The second kappa shape index (κ2) is 5.60. The smallest absolute Gasteiger partial charge is 0.271 e. The zero-order valence-corrected chi connectivity index (χ0v) is 9.66. The van der Waals surface area contributed by atoms with Crippen LogP contribution in [0.3, 0.4) is 0 Å². The van der Waals surface area contributed by atoms with Gasteiger partial charge in [-0.2, -0.15) is 13.2 Å². The van der Waals surface area contributed by atoms with E-state index in [1.54, 1.807) is 0 Å². The molecule has 0 fully saturated rings. The number of aromatic nitrogens is 1. The number of nitrogens with two attached hydrogens (primary N) is 1. The molecule has 3 N–H and O–H groups in total. The molecule has 1 aromatic heterocycles. The molecule has 1 heterocycles. The number of hydrogen-bond donors (Lipinski definition) is 2. The van der Waals surface area contributed by atoms with Crippen LogP contribution in [0.5, 0.6) is 0 Å². The van der Waals surface area contributed by atoms with Crippen LogP contribution < -0.4 is 11.3 Å². The second-order valence-electron chi connectivity index (χ2n) is 3.43. The summed E-state index contributed by atoms with van der Waals surface area (Å²) < 4.78 is 37.0. The molecule has 0 saturated carbocycles. The first-order valence-electron chi connectivity index (χ1n) is 4.98. The van der Waals surface area contributed by atoms with Crippen LogP contribution in [0.1, 0.15) is 42.1 Å². The fraction of sp³-hybridized carbons (Fsp3) is 0.667. The first-order valence-corrected chi connectivity index (χ1v) is 5.79. The van der Waals surface area contributed by atoms with E-state index >= 15 is 0 Å². The van der Waals surface area contributed by atoms with Crippen molar-refractivity contribution in [2.75, 3.05) is 0 Å². The molecule has 0 radical (unpaired) electrons. The molecule has 92 valence electrons. The molecule has 0 aromatic carbocycles. The summed E-state index contributed by atoms with van der Waals surface area (Å²) in [5.74, 6) is 5.31. The third kappa shape index (κ3) is 3.43. The average molecular weight is 253 g/mol. The minimum atomic E-state index is -4.37. The normalized spacial score (nSPS) is 14.1. The quantitative estimate of drug-likeness (QED) is 0.626. The van der Waals surface area contributed by atoms with Crippen LogP contribution in [-0.4, -0.2) is 4.98 Å². The second-order valence-corrected chi connectivity index (χ2v) is 4.49. The topological polar surface area (TPSA) is 50.9 Å². The predicted octanol–water partition coefficient (Wildman–Crippen LogP) is 2.86. The number of hydrogen-bond acceptors (Lipinski definition) is 4. The molecule has 1 atom stereocenters. The number of hydrazine groups is 1. The van der Waals surface area contributed by atoms with Crippen LogP contribution in [0.4, 0.5) is 13.2 Å². The van der Waals surface area contributed by atoms with Crippen molar-refractivity contribution in [1.29, 1.82) is 0 Å². The van der Waals surface area contributed by atoms with E-state index in [4.69, 9.17) is 5.84 Å². The van der Waals surface area contributed by atoms with Gasteiger partial charge in [0, 0.05) is 11.1 Å². The lowest BCUT2D eigenvalue weighted by Gasteiger charge is -2.12. The van der Waals surface area contributed by atoms with Crippen molar-refractivity contribution in [2.24, 2.45) is 5.84 Å². The fourth-order valence-electron chi connectivity index (χ4n) is 1.29. The molecule has 3 nitrogen and oxygen atoms in total. The van der Waals surface area contributed by atoms with Crippen LogP contribution in [-0.2, 0) is 6.18 Å². The summed E-state index contributed by atoms with van der Waals surface area (Å²) in [6.45, 7) is 2.02. The van der Waals surface area contributed by atoms with Crippen molar-refractivity contribution in [1.82, 2.24) is 10.4 Å². The van der Waals surface area contributed by atoms with Crippen LogP contribution in [0.25, 0.3) is 0 Å². The summed E-state index contributed by atoms with van der Waals surface area (Å²) in [7, 11) is 0. The third-order valence-corrected chi connectivity index (χ3v) is 3.31. The Kier molecular flexibility index (Phi) is 4.69. The van der Waals surface area contributed by atoms with Gasteiger partial charge in [-0.25, -0.2) is 4.98 Å². The summed E-state index contributed by atoms with van der Waals surface area (Å²) in [4.78, 5) is 3.89. The minimum Gasteiger partial charge on any atom is -0.271 e. The van der Waals surface area contributed by atoms with E-state index in [0.29, 0.717) is 22.6 Å². The molecular weight excluding hydrogens is 239 g/mol. The van der Waals surface area contributed by atoms with Gasteiger partial charge < -0.3 is 0 Å². The van der Waals surface area contributed by atoms with Crippen LogP contribution in [0, 0.1) is 0 Å². The maximum absolute atomic E-state index is 12.3. The van der Waals surface area contributed by atoms with E-state index in [1.807, 2.05) is 6.92 Å². The number of alkyl halides is 3. The molecule has 1 rings (SSSR count). The van der Waals surface area contributed by atoms with E-state index in [-0.39, 0.29) is 6.04 Å². The van der Waals surface area contributed by atoms with E-state index in [1.165, 1.54) is 6.20 Å². The first-order chi connectivity index (χ1) is 7.49. The molecule has 16 heavy (non-hydrogen) atoms. The fourth-order valence-corrected chi connectivity index (χ4v) is 2.17. The summed E-state index contributed by atoms with van der Waals surface area (Å²) in [5, 5.41) is -0.820. The van der Waals surface area contributed by atoms with Crippen LogP contribution in [0.15, 0.2) is 6.20 Å². The van der Waals surface area contributed by atoms with Gasteiger partial charge >= 0.3 is 6.18 Å². The SMILES string of the molecule is CCCCC(NN)c1cnc(C(F)(F)F)s1. The summed E-state index contributed by atoms with van der Waals surface area (Å²) >= 11 is 0.644. The molecule has 1 unspecified atom stereocenters. The molecule has 0 aliphatic heterocycles. The summed E-state index contributed by atoms with van der Waals surface area (Å²) in [5.41, 5.74) is 2.52. The highest BCUT2D eigenvalue weighted by molar-refractivity contribution is 7.11. The highest BCUT2D eigenvalue weighted by Gasteiger charge is 2.35. The minimum absolute atomic E-state index is 0.242. The molecule has 0 amide bonds. The average Bonchev–Trinajstić information content (AvgIpc) is 2.68. The molecule has 0 saturated heterocycles. The first kappa shape index (κ1) is 13.4. The highest BCUT2D eigenvalue weighted by atomic mass is 32.1. The summed E-state index contributed by atoms with van der Waals surface area (Å²) in [6, 6.07) is -0.242. The molecule has 0 aliphatic rings. The Morgan fingerprint density at radius 2 is 2.25 bits per heavy atom. The van der Waals surface area contributed by atoms with Crippen molar-refractivity contribution in [2.45, 2.75) is 38.4 Å². The molecule has 0 aliphatic carbocycles. The Bertz CT molecular complexity index is 324. The van der Waals surface area contributed by atoms with Gasteiger partial charge in [0.1, 0.15) is 0 Å². The molecule has 0 bridgehead atoms. The number of halogens is 3. The van der Waals surface area contributed by atoms with E-state index in [0.717, 1.165) is 12.8 Å². The Labute approximate surface area is 95.8 Å². The lowest BCUT2D eigenvalue weighted by atomic mass is 10.1. The molecule has 7 heteroatoms. The van der Waals surface area contributed by atoms with Crippen molar-refractivity contribution < 1.29 is 13.2 Å². The number of rotatable bonds is 5. The highest BCUT2D eigenvalue weighted by Crippen LogP contribution is 2.35. The van der Waals surface area contributed by atoms with Gasteiger partial charge in [0.25, 0.3) is 0 Å². The lowest BCUT2D eigenvalue weighted by Crippen LogP contribution is -2.27. The number of nitrogens with one attached hydrogen (secondary N) is 1. The van der Waals surface area contributed by atoms with Crippen LogP contribution >= 0.6 is 11.3 Å². The number of thiazole rings is 1. The van der Waals surface area contributed by atoms with Gasteiger partial charge in [-0.05, 0) is 6.42 Å². The van der Waals surface area contributed by atoms with Crippen molar-refractivity contribution in [3.8, 4) is 0 Å². The standard InChI is InChI=1S/C9H14F3N3S/c1-2-3-4-6(15-13)7-5-14-8(16-7)9(10,11)12/h5-6,15H,2-4,13H2,1H3. The zero-order valence-electron chi connectivity index (χ0n) is 8.84. The monoisotopic (exact) mass is 253 g/mol. The van der Waals surface area contributed by atoms with E-state index in [2.05, 4.69) is 10.4 Å². The van der Waals surface area contributed by atoms with Crippen molar-refractivity contribution >= 4 is 11.3 Å². The summed E-state index contributed by atoms with van der Waals surface area (Å²) in [6.07, 6.45) is -0.524. The Hall–Kier alpha value is -0.660. The van der Waals surface area contributed by atoms with Crippen LogP contribution in [0.2, 0.25) is 0 Å². The van der Waals surface area contributed by atoms with Gasteiger partial charge in [0.15, 0.2) is 5.01 Å². The van der Waals surface area contributed by atoms with Gasteiger partial charge in [-0.1, -0.05) is 19.8 Å². The number of nitrogens with zero attached hydrogens (tertiary/aromatic N) is 1. The van der Waals surface area contributed by atoms with Gasteiger partial charge in [-0.3, -0.25) is 11.3 Å². The maximum atomic E-state index is 12.3. The van der Waals surface area contributed by atoms with E-state index < -0.39 is 11.2 Å². The van der Waals surface area contributed by atoms with Crippen molar-refractivity contribution in [3.05, 3.63) is 16.1 Å². The maximum Gasteiger partial charge on any atom is 0.443 e. The molecular formula is C9H14F3N3S. The van der Waals surface area contributed by atoms with Crippen molar-refractivity contribution in [3.63, 3.8) is 0 Å². The number of unbranched alkanes of at least 4 members (excludes halogenated alkanes) is 1. The lowest BCUT2D eigenvalue weighted by molar-refractivity contribution is -0.137. The Morgan fingerprint density at radius 1 is 1.56 bits per heavy atom. The molecule has 1 aromatic rings. The van der Waals surface area contributed by atoms with Gasteiger partial charge in [0.2, 0.25) is 0 Å². The largest absolute Gasteiger partial charge is 0.443 e. The zero-order chi connectivity index (χ0) is 12.2. The predicted molar refractivity (Wildman–Crippen MR) is 56.7 cm³/mol. The third-order valence-electron chi connectivity index (χ3n) is 2.16. The molecule has 0 spiro atoms.